The first kappa shape index (κ1) is 25.8. The van der Waals surface area contributed by atoms with Gasteiger partial charge < -0.3 is 4.74 Å². The Hall–Kier alpha value is -2.78. The summed E-state index contributed by atoms with van der Waals surface area (Å²) in [5.41, 5.74) is 6.80. The molecule has 3 rings (SSSR count). The summed E-state index contributed by atoms with van der Waals surface area (Å²) < 4.78 is 36.0. The predicted octanol–water partition coefficient (Wildman–Crippen LogP) is 5.14. The van der Waals surface area contributed by atoms with E-state index in [0.717, 1.165) is 41.0 Å². The lowest BCUT2D eigenvalue weighted by molar-refractivity contribution is -0.384. The van der Waals surface area contributed by atoms with E-state index in [1.807, 2.05) is 13.8 Å². The van der Waals surface area contributed by atoms with Crippen molar-refractivity contribution in [2.24, 2.45) is 5.92 Å². The second-order valence-electron chi connectivity index (χ2n) is 8.99. The van der Waals surface area contributed by atoms with Gasteiger partial charge in [-0.15, -0.1) is 0 Å². The lowest BCUT2D eigenvalue weighted by atomic mass is 9.87. The molecule has 1 saturated carbocycles. The summed E-state index contributed by atoms with van der Waals surface area (Å²) in [5.74, 6) is -0.568. The van der Waals surface area contributed by atoms with Gasteiger partial charge in [0.2, 0.25) is 0 Å². The minimum atomic E-state index is -4.05. The van der Waals surface area contributed by atoms with Crippen molar-refractivity contribution in [1.29, 1.82) is 0 Å². The number of ether oxygens (including phenoxy) is 1. The standard InChI is InChI=1S/C25H31NO7S/c1-15-16(2)18(4)24(19(5)17(15)3)14-32-25(27)20-6-10-22(11-7-20)33-34(30,31)23-12-8-21(9-13-23)26(28)29/h8-9,12-13,20,22H,6-7,10-11,14H2,1-5H3. The molecule has 0 amide bonds. The fourth-order valence-electron chi connectivity index (χ4n) is 4.42. The van der Waals surface area contributed by atoms with Crippen molar-refractivity contribution >= 4 is 21.8 Å². The van der Waals surface area contributed by atoms with Gasteiger partial charge in [0.15, 0.2) is 0 Å². The monoisotopic (exact) mass is 489 g/mol. The highest BCUT2D eigenvalue weighted by Gasteiger charge is 2.31. The van der Waals surface area contributed by atoms with Crippen molar-refractivity contribution in [1.82, 2.24) is 0 Å². The maximum Gasteiger partial charge on any atom is 0.309 e. The Kier molecular flexibility index (Phi) is 7.77. The number of hydrogen-bond acceptors (Lipinski definition) is 7. The minimum absolute atomic E-state index is 0.131. The van der Waals surface area contributed by atoms with Crippen LogP contribution in [-0.4, -0.2) is 25.4 Å². The van der Waals surface area contributed by atoms with Crippen LogP contribution >= 0.6 is 0 Å². The molecule has 0 aliphatic heterocycles. The Morgan fingerprint density at radius 1 is 0.912 bits per heavy atom. The average molecular weight is 490 g/mol. The summed E-state index contributed by atoms with van der Waals surface area (Å²) in [6.07, 6.45) is 1.22. The van der Waals surface area contributed by atoms with Crippen LogP contribution in [0.4, 0.5) is 5.69 Å². The van der Waals surface area contributed by atoms with Crippen molar-refractivity contribution in [3.63, 3.8) is 0 Å². The zero-order chi connectivity index (χ0) is 25.2. The minimum Gasteiger partial charge on any atom is -0.461 e. The average Bonchev–Trinajstić information content (AvgIpc) is 2.81. The molecule has 0 spiro atoms. The number of hydrogen-bond donors (Lipinski definition) is 0. The van der Waals surface area contributed by atoms with Gasteiger partial charge in [-0.25, -0.2) is 0 Å². The van der Waals surface area contributed by atoms with E-state index in [1.165, 1.54) is 16.7 Å². The van der Waals surface area contributed by atoms with Crippen LogP contribution in [0.3, 0.4) is 0 Å². The van der Waals surface area contributed by atoms with Crippen molar-refractivity contribution < 1.29 is 27.1 Å². The number of carbonyl (C=O) groups excluding carboxylic acids is 1. The number of benzene rings is 2. The van der Waals surface area contributed by atoms with Gasteiger partial charge in [0, 0.05) is 12.1 Å². The fourth-order valence-corrected chi connectivity index (χ4v) is 5.55. The topological polar surface area (TPSA) is 113 Å². The Morgan fingerprint density at radius 3 is 1.91 bits per heavy atom. The van der Waals surface area contributed by atoms with Gasteiger partial charge in [-0.1, -0.05) is 0 Å². The van der Waals surface area contributed by atoms with Gasteiger partial charge in [0.25, 0.3) is 15.8 Å². The van der Waals surface area contributed by atoms with Crippen molar-refractivity contribution in [3.05, 3.63) is 67.8 Å². The van der Waals surface area contributed by atoms with Gasteiger partial charge in [-0.2, -0.15) is 8.42 Å². The zero-order valence-electron chi connectivity index (χ0n) is 20.2. The van der Waals surface area contributed by atoms with E-state index >= 15 is 0 Å². The first-order chi connectivity index (χ1) is 15.9. The molecule has 0 heterocycles. The number of rotatable bonds is 7. The van der Waals surface area contributed by atoms with Crippen molar-refractivity contribution in [3.8, 4) is 0 Å². The number of nitro benzene ring substituents is 1. The summed E-state index contributed by atoms with van der Waals surface area (Å²) in [7, 11) is -4.05. The largest absolute Gasteiger partial charge is 0.461 e. The molecule has 9 heteroatoms. The van der Waals surface area contributed by atoms with Crippen molar-refractivity contribution in [2.45, 2.75) is 77.9 Å². The number of nitrogens with zero attached hydrogens (tertiary/aromatic N) is 1. The normalized spacial score (nSPS) is 18.5. The van der Waals surface area contributed by atoms with Crippen LogP contribution in [0.1, 0.15) is 59.1 Å². The molecule has 8 nitrogen and oxygen atoms in total. The first-order valence-corrected chi connectivity index (χ1v) is 12.7. The molecule has 0 atom stereocenters. The lowest BCUT2D eigenvalue weighted by Gasteiger charge is -2.27. The highest BCUT2D eigenvalue weighted by molar-refractivity contribution is 7.86. The molecular weight excluding hydrogens is 458 g/mol. The number of carbonyl (C=O) groups is 1. The molecule has 0 bridgehead atoms. The SMILES string of the molecule is Cc1c(C)c(C)c(COC(=O)C2CCC(OS(=O)(=O)c3ccc([N+](=O)[O-])cc3)CC2)c(C)c1C. The van der Waals surface area contributed by atoms with Gasteiger partial charge in [-0.3, -0.25) is 19.1 Å². The van der Waals surface area contributed by atoms with Crippen molar-refractivity contribution in [2.75, 3.05) is 0 Å². The predicted molar refractivity (Wildman–Crippen MR) is 127 cm³/mol. The summed E-state index contributed by atoms with van der Waals surface area (Å²) >= 11 is 0. The summed E-state index contributed by atoms with van der Waals surface area (Å²) in [4.78, 5) is 22.7. The van der Waals surface area contributed by atoms with E-state index in [4.69, 9.17) is 8.92 Å². The van der Waals surface area contributed by atoms with Crippen LogP contribution in [0.5, 0.6) is 0 Å². The second-order valence-corrected chi connectivity index (χ2v) is 10.6. The number of esters is 1. The molecule has 2 aromatic carbocycles. The number of nitro groups is 1. The molecule has 1 aliphatic carbocycles. The maximum absolute atomic E-state index is 12.7. The van der Waals surface area contributed by atoms with Crippen LogP contribution < -0.4 is 0 Å². The summed E-state index contributed by atoms with van der Waals surface area (Å²) in [6.45, 7) is 10.6. The highest BCUT2D eigenvalue weighted by Crippen LogP contribution is 2.31. The third kappa shape index (κ3) is 5.47. The molecule has 1 aliphatic rings. The Bertz CT molecular complexity index is 1170. The zero-order valence-corrected chi connectivity index (χ0v) is 21.0. The lowest BCUT2D eigenvalue weighted by Crippen LogP contribution is -2.29. The van der Waals surface area contributed by atoms with Crippen LogP contribution in [0.25, 0.3) is 0 Å². The summed E-state index contributed by atoms with van der Waals surface area (Å²) in [6, 6.07) is 4.58. The van der Waals surface area contributed by atoms with Gasteiger partial charge in [-0.05, 0) is 106 Å². The molecule has 2 aromatic rings. The molecular formula is C25H31NO7S. The fraction of sp³-hybridized carbons (Fsp3) is 0.480. The molecule has 184 valence electrons. The van der Waals surface area contributed by atoms with E-state index in [1.54, 1.807) is 0 Å². The third-order valence-electron chi connectivity index (χ3n) is 7.12. The molecule has 0 aromatic heterocycles. The van der Waals surface area contributed by atoms with E-state index in [-0.39, 0.29) is 29.1 Å². The molecule has 0 N–H and O–H groups in total. The number of non-ortho nitro benzene ring substituents is 1. The maximum atomic E-state index is 12.7. The second kappa shape index (κ2) is 10.2. The Balaban J connectivity index is 1.56. The van der Waals surface area contributed by atoms with E-state index < -0.39 is 21.1 Å². The molecule has 1 fully saturated rings. The van der Waals surface area contributed by atoms with E-state index in [2.05, 4.69) is 20.8 Å². The molecule has 0 saturated heterocycles. The van der Waals surface area contributed by atoms with Crippen LogP contribution in [0.15, 0.2) is 29.2 Å². The molecule has 0 unspecified atom stereocenters. The van der Waals surface area contributed by atoms with Gasteiger partial charge in [0.1, 0.15) is 6.61 Å². The van der Waals surface area contributed by atoms with Crippen LogP contribution in [0.2, 0.25) is 0 Å². The van der Waals surface area contributed by atoms with Crippen LogP contribution in [0, 0.1) is 50.7 Å². The first-order valence-electron chi connectivity index (χ1n) is 11.3. The van der Waals surface area contributed by atoms with Gasteiger partial charge in [0.05, 0.1) is 21.8 Å². The smallest absolute Gasteiger partial charge is 0.309 e. The highest BCUT2D eigenvalue weighted by atomic mass is 32.2. The summed E-state index contributed by atoms with van der Waals surface area (Å²) in [5, 5.41) is 10.8. The van der Waals surface area contributed by atoms with Gasteiger partial charge >= 0.3 is 5.97 Å². The van der Waals surface area contributed by atoms with E-state index in [0.29, 0.717) is 25.7 Å². The Morgan fingerprint density at radius 2 is 1.41 bits per heavy atom. The third-order valence-corrected chi connectivity index (χ3v) is 8.50. The molecule has 0 radical (unpaired) electrons. The Labute approximate surface area is 200 Å². The van der Waals surface area contributed by atoms with Crippen LogP contribution in [-0.2, 0) is 30.4 Å². The quantitative estimate of drug-likeness (QED) is 0.229. The van der Waals surface area contributed by atoms with E-state index in [9.17, 15) is 23.3 Å². The molecule has 34 heavy (non-hydrogen) atoms.